The molecule has 1 aromatic rings. The van der Waals surface area contributed by atoms with E-state index in [4.69, 9.17) is 5.73 Å². The summed E-state index contributed by atoms with van der Waals surface area (Å²) in [5.74, 6) is -10.8. The van der Waals surface area contributed by atoms with Crippen LogP contribution in [-0.2, 0) is 23.9 Å². The second-order valence-corrected chi connectivity index (χ2v) is 9.14. The van der Waals surface area contributed by atoms with Crippen molar-refractivity contribution in [1.82, 2.24) is 0 Å². The normalized spacial score (nSPS) is 34.3. The Balaban J connectivity index is 1.90. The largest absolute Gasteiger partial charge is 0.507 e. The number of nitrogens with two attached hydrogens (primary N) is 1. The van der Waals surface area contributed by atoms with E-state index >= 15 is 0 Å². The number of aliphatic hydroxyl groups excluding tert-OH is 3. The lowest BCUT2D eigenvalue weighted by Crippen LogP contribution is -2.70. The van der Waals surface area contributed by atoms with Gasteiger partial charge in [0.1, 0.15) is 17.4 Å². The Morgan fingerprint density at radius 3 is 2.46 bits per heavy atom. The Kier molecular flexibility index (Phi) is 5.82. The molecule has 35 heavy (non-hydrogen) atoms. The van der Waals surface area contributed by atoms with Crippen LogP contribution in [0, 0.1) is 17.8 Å². The molecule has 0 aliphatic heterocycles. The van der Waals surface area contributed by atoms with Gasteiger partial charge < -0.3 is 36.0 Å². The third kappa shape index (κ3) is 3.30. The van der Waals surface area contributed by atoms with Crippen LogP contribution in [0.1, 0.15) is 36.0 Å². The van der Waals surface area contributed by atoms with Crippen molar-refractivity contribution in [1.29, 1.82) is 0 Å². The molecule has 1 amide bonds. The Morgan fingerprint density at radius 2 is 1.86 bits per heavy atom. The van der Waals surface area contributed by atoms with E-state index in [9.17, 15) is 44.7 Å². The van der Waals surface area contributed by atoms with E-state index in [1.54, 1.807) is 13.0 Å². The standard InChI is InChI=1S/C24H25NO10/c1-8-10-5-3-9(4-6-13(27)35-2)18(28)15(10)20(30)17-14(8)19(29)11-7-12(26)16(23(25)33)21(31)24(11,34)22(17)32/h3-6,8,11-12,14,16,19,26,28-30,34H,7H2,1-2H3,(H2,25,33)/b6-4+/t8-,11+,12?,14+,16?,19+,24+/m0/s1. The topological polar surface area (TPSA) is 205 Å². The number of methoxy groups -OCH3 is 1. The molecule has 1 aromatic carbocycles. The van der Waals surface area contributed by atoms with Crippen LogP contribution < -0.4 is 5.73 Å². The summed E-state index contributed by atoms with van der Waals surface area (Å²) in [5, 5.41) is 54.8. The van der Waals surface area contributed by atoms with Gasteiger partial charge in [-0.2, -0.15) is 0 Å². The molecular formula is C24H25NO10. The number of benzene rings is 1. The van der Waals surface area contributed by atoms with Gasteiger partial charge in [-0.1, -0.05) is 19.1 Å². The fraction of sp³-hybridized carbons (Fsp3) is 0.417. The number of hydrogen-bond acceptors (Lipinski definition) is 10. The van der Waals surface area contributed by atoms with Crippen LogP contribution in [0.2, 0.25) is 0 Å². The summed E-state index contributed by atoms with van der Waals surface area (Å²) in [7, 11) is 1.17. The minimum Gasteiger partial charge on any atom is -0.507 e. The summed E-state index contributed by atoms with van der Waals surface area (Å²) < 4.78 is 4.51. The molecule has 0 saturated heterocycles. The van der Waals surface area contributed by atoms with Crippen LogP contribution in [0.4, 0.5) is 0 Å². The zero-order valence-corrected chi connectivity index (χ0v) is 18.8. The van der Waals surface area contributed by atoms with E-state index in [2.05, 4.69) is 4.74 Å². The van der Waals surface area contributed by atoms with Gasteiger partial charge >= 0.3 is 5.97 Å². The van der Waals surface area contributed by atoms with Gasteiger partial charge in [-0.25, -0.2) is 4.79 Å². The maximum Gasteiger partial charge on any atom is 0.330 e. The average molecular weight is 487 g/mol. The van der Waals surface area contributed by atoms with Gasteiger partial charge in [0, 0.05) is 29.0 Å². The number of ketones is 2. The first kappa shape index (κ1) is 24.6. The number of Topliss-reactive ketones (excluding diaryl/α,β-unsaturated/α-hetero) is 2. The Bertz CT molecular complexity index is 1220. The molecule has 0 heterocycles. The Labute approximate surface area is 199 Å². The van der Waals surface area contributed by atoms with Gasteiger partial charge in [0.05, 0.1) is 24.9 Å². The number of amides is 1. The second-order valence-electron chi connectivity index (χ2n) is 9.14. The van der Waals surface area contributed by atoms with Gasteiger partial charge in [-0.3, -0.25) is 14.4 Å². The van der Waals surface area contributed by atoms with Gasteiger partial charge in [0.15, 0.2) is 11.4 Å². The number of carbonyl (C=O) groups is 4. The van der Waals surface area contributed by atoms with Crippen molar-refractivity contribution < 1.29 is 49.4 Å². The summed E-state index contributed by atoms with van der Waals surface area (Å²) >= 11 is 0. The molecule has 3 aliphatic rings. The first-order valence-electron chi connectivity index (χ1n) is 10.9. The first-order chi connectivity index (χ1) is 16.4. The smallest absolute Gasteiger partial charge is 0.330 e. The number of aromatic hydroxyl groups is 1. The van der Waals surface area contributed by atoms with Gasteiger partial charge in [-0.05, 0) is 24.0 Å². The second kappa shape index (κ2) is 8.29. The summed E-state index contributed by atoms with van der Waals surface area (Å²) in [4.78, 5) is 49.8. The number of hydrogen-bond donors (Lipinski definition) is 6. The summed E-state index contributed by atoms with van der Waals surface area (Å²) in [6.07, 6.45) is -1.34. The number of rotatable bonds is 3. The predicted octanol–water partition coefficient (Wildman–Crippen LogP) is -0.693. The number of carbonyl (C=O) groups excluding carboxylic acids is 4. The minimum atomic E-state index is -2.91. The molecule has 7 atom stereocenters. The maximum absolute atomic E-state index is 13.6. The van der Waals surface area contributed by atoms with Crippen molar-refractivity contribution in [3.05, 3.63) is 40.5 Å². The number of phenolic OH excluding ortho intramolecular Hbond substituents is 1. The highest BCUT2D eigenvalue weighted by atomic mass is 16.5. The van der Waals surface area contributed by atoms with Crippen molar-refractivity contribution in [3.8, 4) is 5.75 Å². The fourth-order valence-electron chi connectivity index (χ4n) is 5.68. The van der Waals surface area contributed by atoms with E-state index < -0.39 is 88.4 Å². The molecule has 0 bridgehead atoms. The Morgan fingerprint density at radius 1 is 1.20 bits per heavy atom. The molecular weight excluding hydrogens is 462 g/mol. The molecule has 0 spiro atoms. The lowest BCUT2D eigenvalue weighted by atomic mass is 9.53. The van der Waals surface area contributed by atoms with Gasteiger partial charge in [0.25, 0.3) is 0 Å². The van der Waals surface area contributed by atoms with E-state index in [1.807, 2.05) is 0 Å². The molecule has 2 saturated carbocycles. The average Bonchev–Trinajstić information content (AvgIpc) is 2.80. The van der Waals surface area contributed by atoms with E-state index in [0.29, 0.717) is 5.56 Å². The number of phenols is 1. The quantitative estimate of drug-likeness (QED) is 0.180. The highest BCUT2D eigenvalue weighted by Gasteiger charge is 2.67. The molecule has 0 aromatic heterocycles. The predicted molar refractivity (Wildman–Crippen MR) is 118 cm³/mol. The lowest BCUT2D eigenvalue weighted by molar-refractivity contribution is -0.186. The van der Waals surface area contributed by atoms with Crippen molar-refractivity contribution in [2.75, 3.05) is 7.11 Å². The third-order valence-electron chi connectivity index (χ3n) is 7.45. The highest BCUT2D eigenvalue weighted by molar-refractivity contribution is 6.25. The summed E-state index contributed by atoms with van der Waals surface area (Å²) in [6.45, 7) is 1.63. The van der Waals surface area contributed by atoms with Crippen LogP contribution in [0.5, 0.6) is 5.75 Å². The van der Waals surface area contributed by atoms with Crippen LogP contribution >= 0.6 is 0 Å². The molecule has 4 rings (SSSR count). The Hall–Kier alpha value is -3.54. The van der Waals surface area contributed by atoms with Crippen molar-refractivity contribution in [2.24, 2.45) is 23.5 Å². The molecule has 0 radical (unpaired) electrons. The van der Waals surface area contributed by atoms with Crippen LogP contribution in [-0.4, -0.2) is 73.9 Å². The highest BCUT2D eigenvalue weighted by Crippen LogP contribution is 2.55. The number of esters is 1. The lowest BCUT2D eigenvalue weighted by Gasteiger charge is -2.52. The van der Waals surface area contributed by atoms with Crippen molar-refractivity contribution in [2.45, 2.75) is 37.1 Å². The number of primary amides is 1. The van der Waals surface area contributed by atoms with Crippen LogP contribution in [0.3, 0.4) is 0 Å². The molecule has 186 valence electrons. The molecule has 11 nitrogen and oxygen atoms in total. The molecule has 11 heteroatoms. The fourth-order valence-corrected chi connectivity index (χ4v) is 5.68. The van der Waals surface area contributed by atoms with Gasteiger partial charge in [0.2, 0.25) is 11.7 Å². The third-order valence-corrected chi connectivity index (χ3v) is 7.45. The maximum atomic E-state index is 13.6. The number of fused-ring (bicyclic) bond motifs is 3. The van der Waals surface area contributed by atoms with E-state index in [1.165, 1.54) is 19.3 Å². The van der Waals surface area contributed by atoms with Crippen LogP contribution in [0.25, 0.3) is 11.8 Å². The van der Waals surface area contributed by atoms with Crippen molar-refractivity contribution >= 4 is 35.3 Å². The van der Waals surface area contributed by atoms with E-state index in [-0.39, 0.29) is 11.1 Å². The monoisotopic (exact) mass is 487 g/mol. The summed E-state index contributed by atoms with van der Waals surface area (Å²) in [6, 6.07) is 3.02. The molecule has 2 unspecified atom stereocenters. The van der Waals surface area contributed by atoms with Crippen LogP contribution in [0.15, 0.2) is 23.8 Å². The SMILES string of the molecule is COC(=O)/C=C/c1ccc2c(c1O)C(O)=C1C(=O)[C@]3(O)C(=O)C(C(N)=O)C(O)C[C@@H]3[C@@H](O)[C@@H]1[C@H]2C. The van der Waals surface area contributed by atoms with Gasteiger partial charge in [-0.15, -0.1) is 0 Å². The zero-order valence-electron chi connectivity index (χ0n) is 18.8. The minimum absolute atomic E-state index is 0.109. The zero-order chi connectivity index (χ0) is 26.0. The molecule has 3 aliphatic carbocycles. The number of ether oxygens (including phenoxy) is 1. The van der Waals surface area contributed by atoms with E-state index in [0.717, 1.165) is 6.08 Å². The number of aliphatic hydroxyl groups is 4. The molecule has 7 N–H and O–H groups in total. The van der Waals surface area contributed by atoms with Crippen molar-refractivity contribution in [3.63, 3.8) is 0 Å². The summed E-state index contributed by atoms with van der Waals surface area (Å²) in [5.41, 5.74) is 2.15. The molecule has 2 fully saturated rings. The first-order valence-corrected chi connectivity index (χ1v) is 10.9.